The standard InChI is InChI=1S/C21H25FN4O/c1-12(2)26-19-8-6-16(22)10-18(19)24-20(26)15-5-7-17(13(3)9-15)25-21(27)14(4)11-23/h5-10,12,14H,11,23H2,1-4H3,(H,25,27). The summed E-state index contributed by atoms with van der Waals surface area (Å²) < 4.78 is 15.7. The maximum absolute atomic E-state index is 13.6. The minimum absolute atomic E-state index is 0.0988. The van der Waals surface area contributed by atoms with E-state index in [-0.39, 0.29) is 23.7 Å². The van der Waals surface area contributed by atoms with Crippen molar-refractivity contribution in [3.8, 4) is 11.4 Å². The summed E-state index contributed by atoms with van der Waals surface area (Å²) in [4.78, 5) is 16.8. The third-order valence-corrected chi connectivity index (χ3v) is 4.71. The van der Waals surface area contributed by atoms with Crippen LogP contribution in [0.25, 0.3) is 22.4 Å². The molecule has 2 aromatic carbocycles. The summed E-state index contributed by atoms with van der Waals surface area (Å²) in [6, 6.07) is 10.6. The van der Waals surface area contributed by atoms with Gasteiger partial charge in [-0.3, -0.25) is 4.79 Å². The summed E-state index contributed by atoms with van der Waals surface area (Å²) in [6.07, 6.45) is 0. The monoisotopic (exact) mass is 368 g/mol. The number of benzene rings is 2. The molecule has 3 rings (SSSR count). The van der Waals surface area contributed by atoms with E-state index in [1.54, 1.807) is 13.0 Å². The van der Waals surface area contributed by atoms with E-state index in [4.69, 9.17) is 5.73 Å². The molecule has 3 aromatic rings. The summed E-state index contributed by atoms with van der Waals surface area (Å²) in [5.74, 6) is 0.134. The number of amides is 1. The molecule has 1 atom stereocenters. The number of anilines is 1. The van der Waals surface area contributed by atoms with E-state index < -0.39 is 0 Å². The number of halogens is 1. The first-order chi connectivity index (χ1) is 12.8. The van der Waals surface area contributed by atoms with Gasteiger partial charge >= 0.3 is 0 Å². The second kappa shape index (κ2) is 7.48. The van der Waals surface area contributed by atoms with Gasteiger partial charge in [-0.2, -0.15) is 0 Å². The Hall–Kier alpha value is -2.73. The van der Waals surface area contributed by atoms with Crippen molar-refractivity contribution in [1.29, 1.82) is 0 Å². The highest BCUT2D eigenvalue weighted by molar-refractivity contribution is 5.93. The van der Waals surface area contributed by atoms with Crippen molar-refractivity contribution in [1.82, 2.24) is 9.55 Å². The molecule has 0 saturated carbocycles. The van der Waals surface area contributed by atoms with Crippen molar-refractivity contribution in [2.24, 2.45) is 11.7 Å². The van der Waals surface area contributed by atoms with Crippen molar-refractivity contribution in [3.05, 3.63) is 47.8 Å². The van der Waals surface area contributed by atoms with Gasteiger partial charge < -0.3 is 15.6 Å². The van der Waals surface area contributed by atoms with Crippen LogP contribution in [-0.2, 0) is 4.79 Å². The van der Waals surface area contributed by atoms with Crippen molar-refractivity contribution in [2.45, 2.75) is 33.7 Å². The molecule has 0 bridgehead atoms. The molecule has 0 fully saturated rings. The maximum atomic E-state index is 13.6. The van der Waals surface area contributed by atoms with Crippen LogP contribution in [0, 0.1) is 18.7 Å². The van der Waals surface area contributed by atoms with Gasteiger partial charge in [0, 0.05) is 35.8 Å². The molecule has 1 amide bonds. The van der Waals surface area contributed by atoms with E-state index in [0.29, 0.717) is 12.1 Å². The first kappa shape index (κ1) is 19.0. The number of carbonyl (C=O) groups is 1. The van der Waals surface area contributed by atoms with Gasteiger partial charge in [0.25, 0.3) is 0 Å². The molecule has 27 heavy (non-hydrogen) atoms. The lowest BCUT2D eigenvalue weighted by atomic mass is 10.1. The van der Waals surface area contributed by atoms with E-state index in [2.05, 4.69) is 28.7 Å². The van der Waals surface area contributed by atoms with Crippen LogP contribution in [0.3, 0.4) is 0 Å². The van der Waals surface area contributed by atoms with Crippen molar-refractivity contribution < 1.29 is 9.18 Å². The molecule has 0 saturated heterocycles. The molecule has 1 heterocycles. The van der Waals surface area contributed by atoms with E-state index in [9.17, 15) is 9.18 Å². The Bertz CT molecular complexity index is 993. The number of carbonyl (C=O) groups excluding carboxylic acids is 1. The van der Waals surface area contributed by atoms with Crippen LogP contribution in [-0.4, -0.2) is 22.0 Å². The first-order valence-corrected chi connectivity index (χ1v) is 9.11. The fourth-order valence-corrected chi connectivity index (χ4v) is 3.10. The number of hydrogen-bond donors (Lipinski definition) is 2. The quantitative estimate of drug-likeness (QED) is 0.706. The number of aromatic nitrogens is 2. The number of nitrogens with two attached hydrogens (primary N) is 1. The van der Waals surface area contributed by atoms with E-state index in [1.807, 2.05) is 25.1 Å². The molecule has 0 radical (unpaired) electrons. The van der Waals surface area contributed by atoms with Gasteiger partial charge in [0.15, 0.2) is 0 Å². The van der Waals surface area contributed by atoms with Crippen molar-refractivity contribution in [2.75, 3.05) is 11.9 Å². The van der Waals surface area contributed by atoms with E-state index >= 15 is 0 Å². The van der Waals surface area contributed by atoms with Gasteiger partial charge in [0.2, 0.25) is 5.91 Å². The number of nitrogens with zero attached hydrogens (tertiary/aromatic N) is 2. The smallest absolute Gasteiger partial charge is 0.228 e. The Labute approximate surface area is 158 Å². The zero-order valence-corrected chi connectivity index (χ0v) is 16.1. The average molecular weight is 368 g/mol. The first-order valence-electron chi connectivity index (χ1n) is 9.11. The van der Waals surface area contributed by atoms with Gasteiger partial charge in [0.05, 0.1) is 11.0 Å². The maximum Gasteiger partial charge on any atom is 0.228 e. The largest absolute Gasteiger partial charge is 0.330 e. The Morgan fingerprint density at radius 2 is 1.96 bits per heavy atom. The molecule has 0 spiro atoms. The van der Waals surface area contributed by atoms with E-state index in [0.717, 1.165) is 28.2 Å². The third kappa shape index (κ3) is 3.71. The van der Waals surface area contributed by atoms with Crippen molar-refractivity contribution in [3.63, 3.8) is 0 Å². The highest BCUT2D eigenvalue weighted by Crippen LogP contribution is 2.31. The molecule has 6 heteroatoms. The van der Waals surface area contributed by atoms with Gasteiger partial charge in [-0.15, -0.1) is 0 Å². The molecule has 142 valence electrons. The summed E-state index contributed by atoms with van der Waals surface area (Å²) in [7, 11) is 0. The number of hydrogen-bond acceptors (Lipinski definition) is 3. The van der Waals surface area contributed by atoms with Crippen LogP contribution in [0.1, 0.15) is 32.4 Å². The zero-order valence-electron chi connectivity index (χ0n) is 16.1. The highest BCUT2D eigenvalue weighted by Gasteiger charge is 2.17. The van der Waals surface area contributed by atoms with Crippen LogP contribution in [0.5, 0.6) is 0 Å². The van der Waals surface area contributed by atoms with Crippen LogP contribution in [0.2, 0.25) is 0 Å². The lowest BCUT2D eigenvalue weighted by Crippen LogP contribution is -2.26. The average Bonchev–Trinajstić information content (AvgIpc) is 3.01. The second-order valence-electron chi connectivity index (χ2n) is 7.19. The molecule has 3 N–H and O–H groups in total. The lowest BCUT2D eigenvalue weighted by molar-refractivity contribution is -0.119. The van der Waals surface area contributed by atoms with Gasteiger partial charge in [-0.1, -0.05) is 6.92 Å². The fourth-order valence-electron chi connectivity index (χ4n) is 3.10. The van der Waals surface area contributed by atoms with Crippen LogP contribution >= 0.6 is 0 Å². The number of aryl methyl sites for hydroxylation is 1. The normalized spacial score (nSPS) is 12.6. The third-order valence-electron chi connectivity index (χ3n) is 4.71. The number of imidazole rings is 1. The Kier molecular flexibility index (Phi) is 5.28. The molecule has 0 aliphatic heterocycles. The SMILES string of the molecule is Cc1cc(-c2nc3cc(F)ccc3n2C(C)C)ccc1NC(=O)C(C)CN. The molecule has 0 aliphatic carbocycles. The summed E-state index contributed by atoms with van der Waals surface area (Å²) in [5.41, 5.74) is 9.69. The van der Waals surface area contributed by atoms with Gasteiger partial charge in [-0.25, -0.2) is 9.37 Å². The predicted octanol–water partition coefficient (Wildman–Crippen LogP) is 4.27. The molecule has 1 aromatic heterocycles. The Balaban J connectivity index is 2.03. The topological polar surface area (TPSA) is 72.9 Å². The zero-order chi connectivity index (χ0) is 19.7. The second-order valence-corrected chi connectivity index (χ2v) is 7.19. The Morgan fingerprint density at radius 3 is 2.59 bits per heavy atom. The number of rotatable bonds is 5. The summed E-state index contributed by atoms with van der Waals surface area (Å²) >= 11 is 0. The molecule has 5 nitrogen and oxygen atoms in total. The lowest BCUT2D eigenvalue weighted by Gasteiger charge is -2.15. The minimum Gasteiger partial charge on any atom is -0.330 e. The number of fused-ring (bicyclic) bond motifs is 1. The van der Waals surface area contributed by atoms with Gasteiger partial charge in [-0.05, 0) is 56.7 Å². The number of nitrogens with one attached hydrogen (secondary N) is 1. The van der Waals surface area contributed by atoms with Gasteiger partial charge in [0.1, 0.15) is 11.6 Å². The van der Waals surface area contributed by atoms with E-state index in [1.165, 1.54) is 12.1 Å². The summed E-state index contributed by atoms with van der Waals surface area (Å²) in [6.45, 7) is 8.18. The summed E-state index contributed by atoms with van der Waals surface area (Å²) in [5, 5.41) is 2.92. The van der Waals surface area contributed by atoms with Crippen LogP contribution in [0.15, 0.2) is 36.4 Å². The van der Waals surface area contributed by atoms with Crippen LogP contribution in [0.4, 0.5) is 10.1 Å². The van der Waals surface area contributed by atoms with Crippen molar-refractivity contribution >= 4 is 22.6 Å². The molecule has 0 aliphatic rings. The predicted molar refractivity (Wildman–Crippen MR) is 107 cm³/mol. The molecular formula is C21H25FN4O. The highest BCUT2D eigenvalue weighted by atomic mass is 19.1. The Morgan fingerprint density at radius 1 is 1.22 bits per heavy atom. The fraction of sp³-hybridized carbons (Fsp3) is 0.333. The molecular weight excluding hydrogens is 343 g/mol. The minimum atomic E-state index is -0.300. The molecule has 1 unspecified atom stereocenters. The van der Waals surface area contributed by atoms with Crippen LogP contribution < -0.4 is 11.1 Å².